The molecule has 1 aliphatic carbocycles. The number of hydrogen-bond donors (Lipinski definition) is 1. The molecule has 0 amide bonds. The van der Waals surface area contributed by atoms with Crippen molar-refractivity contribution in [2.45, 2.75) is 57.1 Å². The monoisotopic (exact) mass is 253 g/mol. The van der Waals surface area contributed by atoms with Crippen LogP contribution in [0.5, 0.6) is 0 Å². The Balaban J connectivity index is 2.05. The van der Waals surface area contributed by atoms with E-state index in [1.54, 1.807) is 7.05 Å². The SMILES string of the molecule is CCOC1(C(N)Cc2nnn(C)n2)CCCCC1. The first kappa shape index (κ1) is 13.4. The zero-order valence-corrected chi connectivity index (χ0v) is 11.3. The summed E-state index contributed by atoms with van der Waals surface area (Å²) >= 11 is 0. The maximum Gasteiger partial charge on any atom is 0.176 e. The fraction of sp³-hybridized carbons (Fsp3) is 0.917. The number of aryl methyl sites for hydroxylation is 1. The van der Waals surface area contributed by atoms with Crippen LogP contribution in [0.3, 0.4) is 0 Å². The van der Waals surface area contributed by atoms with E-state index in [2.05, 4.69) is 15.4 Å². The Morgan fingerprint density at radius 2 is 2.11 bits per heavy atom. The molecule has 1 atom stereocenters. The molecule has 102 valence electrons. The van der Waals surface area contributed by atoms with Crippen LogP contribution in [0.2, 0.25) is 0 Å². The van der Waals surface area contributed by atoms with E-state index in [0.29, 0.717) is 18.9 Å². The molecule has 0 bridgehead atoms. The zero-order valence-electron chi connectivity index (χ0n) is 11.3. The molecule has 1 unspecified atom stereocenters. The van der Waals surface area contributed by atoms with Crippen LogP contribution in [-0.4, -0.2) is 38.5 Å². The highest BCUT2D eigenvalue weighted by Crippen LogP contribution is 2.34. The number of rotatable bonds is 5. The molecule has 1 heterocycles. The van der Waals surface area contributed by atoms with Gasteiger partial charge in [-0.25, -0.2) is 0 Å². The van der Waals surface area contributed by atoms with Gasteiger partial charge in [0.05, 0.1) is 12.6 Å². The van der Waals surface area contributed by atoms with Gasteiger partial charge in [0.2, 0.25) is 0 Å². The van der Waals surface area contributed by atoms with Crippen LogP contribution < -0.4 is 5.73 Å². The quantitative estimate of drug-likeness (QED) is 0.840. The van der Waals surface area contributed by atoms with Crippen LogP contribution in [-0.2, 0) is 18.2 Å². The van der Waals surface area contributed by atoms with Gasteiger partial charge < -0.3 is 10.5 Å². The molecular formula is C12H23N5O. The first-order valence-electron chi connectivity index (χ1n) is 6.79. The smallest absolute Gasteiger partial charge is 0.176 e. The van der Waals surface area contributed by atoms with Crippen LogP contribution >= 0.6 is 0 Å². The molecule has 0 radical (unpaired) electrons. The minimum atomic E-state index is -0.188. The van der Waals surface area contributed by atoms with Crippen LogP contribution in [0.4, 0.5) is 0 Å². The predicted molar refractivity (Wildman–Crippen MR) is 67.9 cm³/mol. The van der Waals surface area contributed by atoms with E-state index in [1.165, 1.54) is 24.1 Å². The van der Waals surface area contributed by atoms with Crippen molar-refractivity contribution in [1.29, 1.82) is 0 Å². The van der Waals surface area contributed by atoms with E-state index < -0.39 is 0 Å². The van der Waals surface area contributed by atoms with Gasteiger partial charge in [0.15, 0.2) is 5.82 Å². The van der Waals surface area contributed by atoms with Gasteiger partial charge in [-0.05, 0) is 25.0 Å². The van der Waals surface area contributed by atoms with E-state index in [1.807, 2.05) is 6.92 Å². The van der Waals surface area contributed by atoms with Crippen molar-refractivity contribution in [3.05, 3.63) is 5.82 Å². The lowest BCUT2D eigenvalue weighted by atomic mass is 9.78. The molecule has 0 spiro atoms. The largest absolute Gasteiger partial charge is 0.374 e. The molecule has 1 saturated carbocycles. The number of ether oxygens (including phenoxy) is 1. The van der Waals surface area contributed by atoms with E-state index >= 15 is 0 Å². The van der Waals surface area contributed by atoms with Gasteiger partial charge in [0.1, 0.15) is 0 Å². The van der Waals surface area contributed by atoms with E-state index in [4.69, 9.17) is 10.5 Å². The normalized spacial score (nSPS) is 20.8. The molecule has 0 saturated heterocycles. The van der Waals surface area contributed by atoms with Gasteiger partial charge in [-0.15, -0.1) is 10.2 Å². The molecule has 18 heavy (non-hydrogen) atoms. The first-order chi connectivity index (χ1) is 8.66. The van der Waals surface area contributed by atoms with Crippen LogP contribution in [0.15, 0.2) is 0 Å². The maximum atomic E-state index is 6.37. The Labute approximate surface area is 108 Å². The summed E-state index contributed by atoms with van der Waals surface area (Å²) in [5.41, 5.74) is 6.18. The molecule has 1 aromatic rings. The molecule has 0 aromatic carbocycles. The number of nitrogens with two attached hydrogens (primary N) is 1. The molecular weight excluding hydrogens is 230 g/mol. The fourth-order valence-corrected chi connectivity index (χ4v) is 2.85. The lowest BCUT2D eigenvalue weighted by molar-refractivity contribution is -0.0820. The molecule has 6 heteroatoms. The number of hydrogen-bond acceptors (Lipinski definition) is 5. The second kappa shape index (κ2) is 5.75. The minimum Gasteiger partial charge on any atom is -0.374 e. The molecule has 1 aliphatic rings. The van der Waals surface area contributed by atoms with Crippen molar-refractivity contribution in [3.8, 4) is 0 Å². The van der Waals surface area contributed by atoms with E-state index in [0.717, 1.165) is 12.8 Å². The minimum absolute atomic E-state index is 0.0538. The standard InChI is InChI=1S/C12H23N5O/c1-3-18-12(7-5-4-6-8-12)10(13)9-11-14-16-17(2)15-11/h10H,3-9,13H2,1-2H3. The average molecular weight is 253 g/mol. The summed E-state index contributed by atoms with van der Waals surface area (Å²) < 4.78 is 6.00. The lowest BCUT2D eigenvalue weighted by Gasteiger charge is -2.41. The fourth-order valence-electron chi connectivity index (χ4n) is 2.85. The van der Waals surface area contributed by atoms with Crippen molar-refractivity contribution >= 4 is 0 Å². The topological polar surface area (TPSA) is 78.9 Å². The van der Waals surface area contributed by atoms with Crippen LogP contribution in [0, 0.1) is 0 Å². The Morgan fingerprint density at radius 1 is 1.39 bits per heavy atom. The Morgan fingerprint density at radius 3 is 2.67 bits per heavy atom. The summed E-state index contributed by atoms with van der Waals surface area (Å²) in [6, 6.07) is -0.0538. The summed E-state index contributed by atoms with van der Waals surface area (Å²) in [7, 11) is 1.76. The highest BCUT2D eigenvalue weighted by molar-refractivity contribution is 4.98. The third kappa shape index (κ3) is 2.87. The van der Waals surface area contributed by atoms with Crippen molar-refractivity contribution < 1.29 is 4.74 Å². The highest BCUT2D eigenvalue weighted by atomic mass is 16.5. The van der Waals surface area contributed by atoms with Gasteiger partial charge >= 0.3 is 0 Å². The Kier molecular flexibility index (Phi) is 4.29. The third-order valence-electron chi connectivity index (χ3n) is 3.76. The second-order valence-corrected chi connectivity index (χ2v) is 5.06. The lowest BCUT2D eigenvalue weighted by Crippen LogP contribution is -2.52. The van der Waals surface area contributed by atoms with Gasteiger partial charge in [-0.3, -0.25) is 0 Å². The number of aromatic nitrogens is 4. The highest BCUT2D eigenvalue weighted by Gasteiger charge is 2.39. The summed E-state index contributed by atoms with van der Waals surface area (Å²) in [6.45, 7) is 2.74. The summed E-state index contributed by atoms with van der Waals surface area (Å²) in [5.74, 6) is 0.703. The second-order valence-electron chi connectivity index (χ2n) is 5.06. The van der Waals surface area contributed by atoms with Crippen molar-refractivity contribution in [2.24, 2.45) is 12.8 Å². The summed E-state index contributed by atoms with van der Waals surface area (Å²) in [6.07, 6.45) is 6.40. The van der Waals surface area contributed by atoms with E-state index in [9.17, 15) is 0 Å². The molecule has 6 nitrogen and oxygen atoms in total. The van der Waals surface area contributed by atoms with Gasteiger partial charge in [0.25, 0.3) is 0 Å². The van der Waals surface area contributed by atoms with Crippen molar-refractivity contribution in [2.75, 3.05) is 6.61 Å². The van der Waals surface area contributed by atoms with Gasteiger partial charge in [0, 0.05) is 19.1 Å². The molecule has 1 aromatic heterocycles. The summed E-state index contributed by atoms with van der Waals surface area (Å²) in [5, 5.41) is 12.0. The Bertz CT molecular complexity index is 367. The van der Waals surface area contributed by atoms with Crippen molar-refractivity contribution in [3.63, 3.8) is 0 Å². The third-order valence-corrected chi connectivity index (χ3v) is 3.76. The number of tetrazole rings is 1. The van der Waals surface area contributed by atoms with Gasteiger partial charge in [-0.2, -0.15) is 4.80 Å². The van der Waals surface area contributed by atoms with Crippen LogP contribution in [0.1, 0.15) is 44.9 Å². The zero-order chi connectivity index (χ0) is 13.0. The average Bonchev–Trinajstić information content (AvgIpc) is 2.76. The Hall–Kier alpha value is -1.01. The molecule has 0 aliphatic heterocycles. The van der Waals surface area contributed by atoms with Gasteiger partial charge in [-0.1, -0.05) is 19.3 Å². The van der Waals surface area contributed by atoms with Crippen molar-refractivity contribution in [1.82, 2.24) is 20.2 Å². The molecule has 2 rings (SSSR count). The number of nitrogens with zero attached hydrogens (tertiary/aromatic N) is 4. The molecule has 1 fully saturated rings. The maximum absolute atomic E-state index is 6.37. The first-order valence-corrected chi connectivity index (χ1v) is 6.79. The van der Waals surface area contributed by atoms with E-state index in [-0.39, 0.29) is 11.6 Å². The predicted octanol–water partition coefficient (Wildman–Crippen LogP) is 0.819. The summed E-state index contributed by atoms with van der Waals surface area (Å²) in [4.78, 5) is 1.47. The molecule has 2 N–H and O–H groups in total. The van der Waals surface area contributed by atoms with Crippen LogP contribution in [0.25, 0.3) is 0 Å².